The van der Waals surface area contributed by atoms with E-state index in [1.165, 1.54) is 6.34 Å². The first-order valence-electron chi connectivity index (χ1n) is 4.44. The third kappa shape index (κ3) is 2.31. The summed E-state index contributed by atoms with van der Waals surface area (Å²) in [5, 5.41) is 14.6. The topological polar surface area (TPSA) is 111 Å². The van der Waals surface area contributed by atoms with Crippen LogP contribution in [0.15, 0.2) is 24.6 Å². The Morgan fingerprint density at radius 3 is 3.25 bits per heavy atom. The monoisotopic (exact) mass is 240 g/mol. The predicted octanol–water partition coefficient (Wildman–Crippen LogP) is -0.626. The van der Waals surface area contributed by atoms with E-state index in [9.17, 15) is 4.79 Å². The summed E-state index contributed by atoms with van der Waals surface area (Å²) in [5.41, 5.74) is 0. The standard InChI is InChI=1S/C7H8N6O2S/c14-1-2-16-13-12-7-10-4-5(11-7)8-3-9-6(4)15/h3-4,14H,1-2H2,(H,8,9,10,11,15)/b13-12+. The molecule has 84 valence electrons. The Labute approximate surface area is 94.8 Å². The summed E-state index contributed by atoms with van der Waals surface area (Å²) in [6.07, 6.45) is 1.27. The molecule has 0 aromatic heterocycles. The van der Waals surface area contributed by atoms with Gasteiger partial charge in [0.15, 0.2) is 11.9 Å². The lowest BCUT2D eigenvalue weighted by atomic mass is 10.2. The molecule has 2 aliphatic rings. The summed E-state index contributed by atoms with van der Waals surface area (Å²) in [6, 6.07) is -0.707. The van der Waals surface area contributed by atoms with E-state index >= 15 is 0 Å². The van der Waals surface area contributed by atoms with Crippen molar-refractivity contribution in [2.75, 3.05) is 12.4 Å². The molecule has 2 aliphatic heterocycles. The third-order valence-electron chi connectivity index (χ3n) is 1.73. The lowest BCUT2D eigenvalue weighted by Crippen LogP contribution is -2.40. The van der Waals surface area contributed by atoms with Gasteiger partial charge in [-0.15, -0.1) is 9.63 Å². The summed E-state index contributed by atoms with van der Waals surface area (Å²) in [6.45, 7) is 0.0278. The van der Waals surface area contributed by atoms with Crippen LogP contribution in [-0.4, -0.2) is 47.5 Å². The molecule has 0 aromatic carbocycles. The van der Waals surface area contributed by atoms with Crippen molar-refractivity contribution < 1.29 is 9.90 Å². The number of guanidine groups is 1. The maximum Gasteiger partial charge on any atom is 0.268 e. The third-order valence-corrected chi connectivity index (χ3v) is 2.29. The number of amides is 1. The van der Waals surface area contributed by atoms with Crippen LogP contribution in [0, 0.1) is 0 Å². The first-order valence-corrected chi connectivity index (χ1v) is 5.38. The first kappa shape index (κ1) is 10.9. The number of aliphatic hydroxyl groups excluding tert-OH is 1. The number of fused-ring (bicyclic) bond motifs is 1. The second-order valence-electron chi connectivity index (χ2n) is 2.81. The van der Waals surface area contributed by atoms with E-state index in [-0.39, 0.29) is 18.5 Å². The lowest BCUT2D eigenvalue weighted by molar-refractivity contribution is -0.119. The van der Waals surface area contributed by atoms with Gasteiger partial charge in [-0.2, -0.15) is 4.99 Å². The number of amidine groups is 1. The molecule has 0 radical (unpaired) electrons. The van der Waals surface area contributed by atoms with E-state index in [0.717, 1.165) is 11.9 Å². The van der Waals surface area contributed by atoms with Crippen molar-refractivity contribution in [3.05, 3.63) is 0 Å². The van der Waals surface area contributed by atoms with Crippen LogP contribution < -0.4 is 5.32 Å². The molecule has 0 aromatic rings. The van der Waals surface area contributed by atoms with Crippen molar-refractivity contribution in [2.24, 2.45) is 24.6 Å². The number of hydrogen-bond donors (Lipinski definition) is 2. The second kappa shape index (κ2) is 4.94. The minimum absolute atomic E-state index is 0.0278. The van der Waals surface area contributed by atoms with E-state index < -0.39 is 6.04 Å². The number of carbonyl (C=O) groups excluding carboxylic acids is 1. The molecule has 2 N–H and O–H groups in total. The Bertz CT molecular complexity index is 415. The second-order valence-corrected chi connectivity index (χ2v) is 3.64. The molecule has 1 unspecified atom stereocenters. The van der Waals surface area contributed by atoms with E-state index in [1.807, 2.05) is 0 Å². The summed E-state index contributed by atoms with van der Waals surface area (Å²) < 4.78 is 3.69. The van der Waals surface area contributed by atoms with Crippen LogP contribution in [0.3, 0.4) is 0 Å². The average molecular weight is 240 g/mol. The van der Waals surface area contributed by atoms with E-state index in [1.54, 1.807) is 0 Å². The van der Waals surface area contributed by atoms with Crippen molar-refractivity contribution in [3.8, 4) is 0 Å². The van der Waals surface area contributed by atoms with Gasteiger partial charge in [0.25, 0.3) is 11.9 Å². The van der Waals surface area contributed by atoms with E-state index in [0.29, 0.717) is 11.6 Å². The van der Waals surface area contributed by atoms with Crippen molar-refractivity contribution in [1.29, 1.82) is 0 Å². The summed E-state index contributed by atoms with van der Waals surface area (Å²) >= 11 is 1.09. The minimum Gasteiger partial charge on any atom is -0.395 e. The molecule has 9 heteroatoms. The van der Waals surface area contributed by atoms with Crippen LogP contribution in [0.2, 0.25) is 0 Å². The van der Waals surface area contributed by atoms with Crippen LogP contribution >= 0.6 is 11.9 Å². The van der Waals surface area contributed by atoms with Gasteiger partial charge in [0, 0.05) is 17.7 Å². The molecule has 0 fully saturated rings. The molecule has 0 bridgehead atoms. The zero-order valence-corrected chi connectivity index (χ0v) is 8.89. The largest absolute Gasteiger partial charge is 0.395 e. The van der Waals surface area contributed by atoms with Gasteiger partial charge in [0.1, 0.15) is 0 Å². The summed E-state index contributed by atoms with van der Waals surface area (Å²) in [4.78, 5) is 23.0. The first-order chi connectivity index (χ1) is 7.81. The smallest absolute Gasteiger partial charge is 0.268 e. The van der Waals surface area contributed by atoms with E-state index in [2.05, 4.69) is 29.9 Å². The number of hydrogen-bond acceptors (Lipinski definition) is 8. The quantitative estimate of drug-likeness (QED) is 0.389. The lowest BCUT2D eigenvalue weighted by Gasteiger charge is -2.09. The molecule has 0 aliphatic carbocycles. The highest BCUT2D eigenvalue weighted by Crippen LogP contribution is 2.12. The van der Waals surface area contributed by atoms with Gasteiger partial charge in [-0.05, 0) is 0 Å². The fourth-order valence-electron chi connectivity index (χ4n) is 1.08. The van der Waals surface area contributed by atoms with Crippen molar-refractivity contribution in [3.63, 3.8) is 0 Å². The van der Waals surface area contributed by atoms with Gasteiger partial charge < -0.3 is 10.4 Å². The molecule has 8 nitrogen and oxygen atoms in total. The fourth-order valence-corrected chi connectivity index (χ4v) is 1.37. The Hall–Kier alpha value is -1.61. The zero-order valence-electron chi connectivity index (χ0n) is 8.07. The van der Waals surface area contributed by atoms with E-state index in [4.69, 9.17) is 5.11 Å². The number of carbonyl (C=O) groups is 1. The van der Waals surface area contributed by atoms with Gasteiger partial charge in [-0.25, -0.2) is 9.98 Å². The average Bonchev–Trinajstić information content (AvgIpc) is 2.69. The van der Waals surface area contributed by atoms with Crippen molar-refractivity contribution in [2.45, 2.75) is 6.04 Å². The maximum absolute atomic E-state index is 11.3. The van der Waals surface area contributed by atoms with Crippen LogP contribution in [0.4, 0.5) is 0 Å². The molecule has 2 heterocycles. The van der Waals surface area contributed by atoms with Crippen molar-refractivity contribution in [1.82, 2.24) is 5.32 Å². The molecule has 0 saturated heterocycles. The number of nitrogens with zero attached hydrogens (tertiary/aromatic N) is 5. The SMILES string of the molecule is O=C1NC=NC2=NC(/N=N/SCCO)=NC12. The zero-order chi connectivity index (χ0) is 11.4. The number of aliphatic hydroxyl groups is 1. The fraction of sp³-hybridized carbons (Fsp3) is 0.429. The highest BCUT2D eigenvalue weighted by Gasteiger charge is 2.31. The Morgan fingerprint density at radius 1 is 1.62 bits per heavy atom. The van der Waals surface area contributed by atoms with Gasteiger partial charge in [-0.3, -0.25) is 4.79 Å². The Balaban J connectivity index is 2.01. The molecule has 0 spiro atoms. The van der Waals surface area contributed by atoms with Gasteiger partial charge in [0.05, 0.1) is 12.9 Å². The number of rotatable bonds is 3. The number of aliphatic imine (C=N–C) groups is 3. The number of nitrogens with one attached hydrogen (secondary N) is 1. The molecule has 16 heavy (non-hydrogen) atoms. The van der Waals surface area contributed by atoms with Gasteiger partial charge in [-0.1, -0.05) is 0 Å². The highest BCUT2D eigenvalue weighted by molar-refractivity contribution is 7.97. The molecular formula is C7H8N6O2S. The summed E-state index contributed by atoms with van der Waals surface area (Å²) in [7, 11) is 0. The molecule has 1 atom stereocenters. The molecule has 0 saturated carbocycles. The van der Waals surface area contributed by atoms with Gasteiger partial charge in [0.2, 0.25) is 0 Å². The highest BCUT2D eigenvalue weighted by atomic mass is 32.2. The van der Waals surface area contributed by atoms with Crippen LogP contribution in [0.25, 0.3) is 0 Å². The molecular weight excluding hydrogens is 232 g/mol. The van der Waals surface area contributed by atoms with Crippen LogP contribution in [0.5, 0.6) is 0 Å². The van der Waals surface area contributed by atoms with Gasteiger partial charge >= 0.3 is 0 Å². The maximum atomic E-state index is 11.3. The molecule has 1 amide bonds. The Morgan fingerprint density at radius 2 is 2.50 bits per heavy atom. The Kier molecular flexibility index (Phi) is 3.37. The summed E-state index contributed by atoms with van der Waals surface area (Å²) in [5.74, 6) is 0.626. The van der Waals surface area contributed by atoms with Crippen LogP contribution in [0.1, 0.15) is 0 Å². The predicted molar refractivity (Wildman–Crippen MR) is 59.7 cm³/mol. The normalized spacial score (nSPS) is 23.1. The molecule has 2 rings (SSSR count). The van der Waals surface area contributed by atoms with Crippen molar-refractivity contribution >= 4 is 36.0 Å². The van der Waals surface area contributed by atoms with Crippen LogP contribution in [-0.2, 0) is 4.79 Å². The minimum atomic E-state index is -0.707.